The predicted molar refractivity (Wildman–Crippen MR) is 125 cm³/mol. The van der Waals surface area contributed by atoms with Crippen LogP contribution in [0.3, 0.4) is 0 Å². The van der Waals surface area contributed by atoms with Gasteiger partial charge in [0, 0.05) is 25.2 Å². The average molecular weight is 545 g/mol. The Bertz CT molecular complexity index is 942. The molecule has 2 saturated heterocycles. The zero-order chi connectivity index (χ0) is 27.6. The predicted octanol–water partition coefficient (Wildman–Crippen LogP) is -1.65. The SMILES string of the molecule is CO[C@H]1OC(CO)[C@H](O[C@H]2OC(CO)[C@H](C)C(O)C2O)C(O)C1OCCCc1ccc2c(c1)C(=O)OC2O. The van der Waals surface area contributed by atoms with Crippen LogP contribution in [-0.2, 0) is 34.8 Å². The Hall–Kier alpha value is -1.75. The van der Waals surface area contributed by atoms with Crippen molar-refractivity contribution < 1.29 is 63.9 Å². The summed E-state index contributed by atoms with van der Waals surface area (Å²) in [6.45, 7) is 0.818. The number of carbonyl (C=O) groups excluding carboxylic acids is 1. The van der Waals surface area contributed by atoms with Crippen molar-refractivity contribution in [2.75, 3.05) is 26.9 Å². The van der Waals surface area contributed by atoms with E-state index in [9.17, 15) is 35.4 Å². The maximum absolute atomic E-state index is 11.8. The fraction of sp³-hybridized carbons (Fsp3) is 0.720. The molecule has 214 valence electrons. The molecule has 3 heterocycles. The molecule has 11 atom stereocenters. The van der Waals surface area contributed by atoms with E-state index in [1.807, 2.05) is 0 Å². The molecule has 13 nitrogen and oxygen atoms in total. The van der Waals surface area contributed by atoms with Crippen molar-refractivity contribution in [3.63, 3.8) is 0 Å². The number of rotatable bonds is 10. The molecule has 3 aliphatic heterocycles. The lowest BCUT2D eigenvalue weighted by Gasteiger charge is -2.47. The minimum Gasteiger partial charge on any atom is -0.428 e. The number of benzene rings is 1. The summed E-state index contributed by atoms with van der Waals surface area (Å²) >= 11 is 0. The van der Waals surface area contributed by atoms with Gasteiger partial charge in [0.25, 0.3) is 0 Å². The zero-order valence-corrected chi connectivity index (χ0v) is 21.2. The Balaban J connectivity index is 1.38. The van der Waals surface area contributed by atoms with Gasteiger partial charge in [0.1, 0.15) is 30.5 Å². The Morgan fingerprint density at radius 1 is 0.921 bits per heavy atom. The van der Waals surface area contributed by atoms with Crippen LogP contribution in [0.15, 0.2) is 18.2 Å². The van der Waals surface area contributed by atoms with Crippen LogP contribution in [0, 0.1) is 5.92 Å². The Morgan fingerprint density at radius 3 is 2.32 bits per heavy atom. The summed E-state index contributed by atoms with van der Waals surface area (Å²) < 4.78 is 33.1. The van der Waals surface area contributed by atoms with Crippen LogP contribution in [0.25, 0.3) is 0 Å². The second-order valence-corrected chi connectivity index (χ2v) is 9.74. The van der Waals surface area contributed by atoms with E-state index in [1.54, 1.807) is 25.1 Å². The van der Waals surface area contributed by atoms with Crippen molar-refractivity contribution in [1.29, 1.82) is 0 Å². The summed E-state index contributed by atoms with van der Waals surface area (Å²) in [5.74, 6) is -1.15. The molecule has 2 fully saturated rings. The Morgan fingerprint density at radius 2 is 1.63 bits per heavy atom. The second-order valence-electron chi connectivity index (χ2n) is 9.74. The standard InChI is InChI=1S/C25H36O13/c1-11-15(9-26)35-24(18(29)17(11)28)37-20-16(10-27)36-25(33-2)21(19(20)30)34-7-3-4-12-5-6-13-14(8-12)23(32)38-22(13)31/h5-6,8,11,15-22,24-31H,3-4,7,9-10H2,1-2H3/t11-,15?,16?,17?,18?,19?,20-,21?,22?,24+,25-/m0/s1. The van der Waals surface area contributed by atoms with Gasteiger partial charge >= 0.3 is 5.97 Å². The monoisotopic (exact) mass is 544 g/mol. The average Bonchev–Trinajstić information content (AvgIpc) is 3.20. The van der Waals surface area contributed by atoms with Crippen molar-refractivity contribution in [2.45, 2.75) is 81.4 Å². The summed E-state index contributed by atoms with van der Waals surface area (Å²) in [5, 5.41) is 61.1. The number of methoxy groups -OCH3 is 1. The largest absolute Gasteiger partial charge is 0.428 e. The fourth-order valence-electron chi connectivity index (χ4n) is 5.00. The molecule has 38 heavy (non-hydrogen) atoms. The lowest BCUT2D eigenvalue weighted by atomic mass is 9.91. The van der Waals surface area contributed by atoms with E-state index in [0.29, 0.717) is 24.0 Å². The van der Waals surface area contributed by atoms with Gasteiger partial charge in [-0.05, 0) is 24.5 Å². The smallest absolute Gasteiger partial charge is 0.341 e. The van der Waals surface area contributed by atoms with Crippen molar-refractivity contribution in [1.82, 2.24) is 0 Å². The summed E-state index contributed by atoms with van der Waals surface area (Å²) in [5.41, 5.74) is 1.57. The normalized spacial score (nSPS) is 39.2. The highest BCUT2D eigenvalue weighted by molar-refractivity contribution is 5.94. The molecule has 0 aliphatic carbocycles. The topological polar surface area (TPSA) is 194 Å². The molecule has 7 unspecified atom stereocenters. The highest BCUT2D eigenvalue weighted by Crippen LogP contribution is 2.33. The minimum absolute atomic E-state index is 0.164. The van der Waals surface area contributed by atoms with E-state index >= 15 is 0 Å². The highest BCUT2D eigenvalue weighted by atomic mass is 16.7. The first-order valence-corrected chi connectivity index (χ1v) is 12.6. The lowest BCUT2D eigenvalue weighted by molar-refractivity contribution is -0.356. The van der Waals surface area contributed by atoms with Crippen molar-refractivity contribution in [3.05, 3.63) is 34.9 Å². The first-order chi connectivity index (χ1) is 18.2. The van der Waals surface area contributed by atoms with Gasteiger partial charge < -0.3 is 59.1 Å². The van der Waals surface area contributed by atoms with E-state index in [-0.39, 0.29) is 6.61 Å². The van der Waals surface area contributed by atoms with Gasteiger partial charge in [-0.3, -0.25) is 0 Å². The van der Waals surface area contributed by atoms with Crippen LogP contribution < -0.4 is 0 Å². The third-order valence-corrected chi connectivity index (χ3v) is 7.31. The third kappa shape index (κ3) is 5.88. The summed E-state index contributed by atoms with van der Waals surface area (Å²) in [6.07, 6.45) is -10.9. The van der Waals surface area contributed by atoms with Crippen molar-refractivity contribution in [3.8, 4) is 0 Å². The summed E-state index contributed by atoms with van der Waals surface area (Å²) in [7, 11) is 1.36. The molecule has 4 rings (SSSR count). The van der Waals surface area contributed by atoms with E-state index in [2.05, 4.69) is 0 Å². The van der Waals surface area contributed by atoms with E-state index in [4.69, 9.17) is 28.4 Å². The molecule has 6 N–H and O–H groups in total. The van der Waals surface area contributed by atoms with Gasteiger partial charge in [0.2, 0.25) is 6.29 Å². The number of esters is 1. The first-order valence-electron chi connectivity index (χ1n) is 12.6. The summed E-state index contributed by atoms with van der Waals surface area (Å²) in [6, 6.07) is 5.07. The number of fused-ring (bicyclic) bond motifs is 1. The number of ether oxygens (including phenoxy) is 6. The molecule has 3 aliphatic rings. The lowest BCUT2D eigenvalue weighted by Crippen LogP contribution is -2.64. The zero-order valence-electron chi connectivity index (χ0n) is 21.2. The number of hydrogen-bond acceptors (Lipinski definition) is 13. The maximum Gasteiger partial charge on any atom is 0.341 e. The molecule has 0 saturated carbocycles. The molecule has 0 spiro atoms. The summed E-state index contributed by atoms with van der Waals surface area (Å²) in [4.78, 5) is 11.8. The molecule has 0 bridgehead atoms. The van der Waals surface area contributed by atoms with Crippen LogP contribution in [0.2, 0.25) is 0 Å². The van der Waals surface area contributed by atoms with Crippen LogP contribution >= 0.6 is 0 Å². The first kappa shape index (κ1) is 29.2. The van der Waals surface area contributed by atoms with Gasteiger partial charge in [-0.15, -0.1) is 0 Å². The van der Waals surface area contributed by atoms with Crippen molar-refractivity contribution >= 4 is 5.97 Å². The van der Waals surface area contributed by atoms with Crippen LogP contribution in [0.5, 0.6) is 0 Å². The molecular weight excluding hydrogens is 508 g/mol. The highest BCUT2D eigenvalue weighted by Gasteiger charge is 2.50. The molecule has 1 aromatic rings. The maximum atomic E-state index is 11.8. The van der Waals surface area contributed by atoms with Gasteiger partial charge in [0.05, 0.1) is 31.0 Å². The Labute approximate surface area is 219 Å². The van der Waals surface area contributed by atoms with Crippen LogP contribution in [-0.4, -0.2) is 119 Å². The number of carbonyl (C=O) groups is 1. The molecule has 0 amide bonds. The molecule has 13 heteroatoms. The van der Waals surface area contributed by atoms with Gasteiger partial charge in [-0.2, -0.15) is 0 Å². The van der Waals surface area contributed by atoms with E-state index in [1.165, 1.54) is 7.11 Å². The van der Waals surface area contributed by atoms with Gasteiger partial charge in [0.15, 0.2) is 12.6 Å². The number of cyclic esters (lactones) is 1. The fourth-order valence-corrected chi connectivity index (χ4v) is 5.00. The quantitative estimate of drug-likeness (QED) is 0.145. The number of aliphatic hydroxyl groups is 6. The molecular formula is C25H36O13. The van der Waals surface area contributed by atoms with E-state index < -0.39 is 86.7 Å². The van der Waals surface area contributed by atoms with Crippen LogP contribution in [0.4, 0.5) is 0 Å². The minimum atomic E-state index is -1.47. The van der Waals surface area contributed by atoms with Gasteiger partial charge in [-0.1, -0.05) is 19.1 Å². The van der Waals surface area contributed by atoms with E-state index in [0.717, 1.165) is 5.56 Å². The number of aliphatic hydroxyl groups excluding tert-OH is 6. The number of aryl methyl sites for hydroxylation is 1. The second kappa shape index (κ2) is 12.6. The Kier molecular flexibility index (Phi) is 9.71. The van der Waals surface area contributed by atoms with Crippen molar-refractivity contribution in [2.24, 2.45) is 5.92 Å². The molecule has 0 radical (unpaired) electrons. The molecule has 1 aromatic carbocycles. The van der Waals surface area contributed by atoms with Crippen LogP contribution in [0.1, 0.15) is 41.1 Å². The molecule has 0 aromatic heterocycles. The number of hydrogen-bond donors (Lipinski definition) is 6. The third-order valence-electron chi connectivity index (χ3n) is 7.31. The van der Waals surface area contributed by atoms with Gasteiger partial charge in [-0.25, -0.2) is 4.79 Å².